The maximum absolute atomic E-state index is 11.2. The second-order valence-corrected chi connectivity index (χ2v) is 6.50. The molecule has 0 aliphatic heterocycles. The summed E-state index contributed by atoms with van der Waals surface area (Å²) in [7, 11) is -0.740. The molecule has 0 fully saturated rings. The summed E-state index contributed by atoms with van der Waals surface area (Å²) in [4.78, 5) is 0. The van der Waals surface area contributed by atoms with Gasteiger partial charge in [-0.3, -0.25) is 4.21 Å². The number of rotatable bonds is 6. The summed E-state index contributed by atoms with van der Waals surface area (Å²) in [5.74, 6) is 0. The third-order valence-corrected chi connectivity index (χ3v) is 4.65. The molecule has 0 saturated heterocycles. The molecular weight excluding hydrogens is 254 g/mol. The van der Waals surface area contributed by atoms with Gasteiger partial charge in [0.25, 0.3) is 0 Å². The van der Waals surface area contributed by atoms with Crippen LogP contribution in [-0.4, -0.2) is 22.3 Å². The summed E-state index contributed by atoms with van der Waals surface area (Å²) in [5.41, 5.74) is 1.11. The fourth-order valence-electron chi connectivity index (χ4n) is 1.61. The number of hydrogen-bond acceptors (Lipinski definition) is 2. The highest BCUT2D eigenvalue weighted by molar-refractivity contribution is 7.84. The van der Waals surface area contributed by atoms with Gasteiger partial charge in [0.1, 0.15) is 0 Å². The lowest BCUT2D eigenvalue weighted by Gasteiger charge is -2.16. The Morgan fingerprint density at radius 3 is 2.59 bits per heavy atom. The molecule has 0 aromatic heterocycles. The van der Waals surface area contributed by atoms with Gasteiger partial charge in [0.2, 0.25) is 0 Å². The molecule has 0 aliphatic carbocycles. The molecule has 0 saturated carbocycles. The number of halogens is 1. The summed E-state index contributed by atoms with van der Waals surface area (Å²) >= 11 is 6.12. The SMILES string of the molecule is CC(NCCC(C)S(C)=O)c1ccccc1Cl. The van der Waals surface area contributed by atoms with E-state index < -0.39 is 10.8 Å². The predicted octanol–water partition coefficient (Wildman–Crippen LogP) is 3.15. The minimum Gasteiger partial charge on any atom is -0.310 e. The lowest BCUT2D eigenvalue weighted by molar-refractivity contribution is 0.554. The zero-order valence-corrected chi connectivity index (χ0v) is 12.1. The third-order valence-electron chi connectivity index (χ3n) is 2.94. The van der Waals surface area contributed by atoms with Crippen LogP contribution in [0.1, 0.15) is 31.9 Å². The Morgan fingerprint density at radius 2 is 2.00 bits per heavy atom. The van der Waals surface area contributed by atoms with Crippen LogP contribution in [0.4, 0.5) is 0 Å². The molecule has 0 bridgehead atoms. The van der Waals surface area contributed by atoms with E-state index in [4.69, 9.17) is 11.6 Å². The highest BCUT2D eigenvalue weighted by atomic mass is 35.5. The van der Waals surface area contributed by atoms with Crippen LogP contribution in [0.3, 0.4) is 0 Å². The Hall–Kier alpha value is -0.380. The summed E-state index contributed by atoms with van der Waals surface area (Å²) in [6.45, 7) is 4.96. The van der Waals surface area contributed by atoms with Crippen LogP contribution in [0.15, 0.2) is 24.3 Å². The van der Waals surface area contributed by atoms with Crippen molar-refractivity contribution in [2.45, 2.75) is 31.6 Å². The van der Waals surface area contributed by atoms with Crippen molar-refractivity contribution in [1.82, 2.24) is 5.32 Å². The zero-order valence-electron chi connectivity index (χ0n) is 10.6. The smallest absolute Gasteiger partial charge is 0.0453 e. The first-order chi connectivity index (χ1) is 8.02. The van der Waals surface area contributed by atoms with Gasteiger partial charge in [-0.25, -0.2) is 0 Å². The first-order valence-electron chi connectivity index (χ1n) is 5.82. The minimum absolute atomic E-state index is 0.223. The van der Waals surface area contributed by atoms with Crippen molar-refractivity contribution < 1.29 is 4.21 Å². The molecule has 2 nitrogen and oxygen atoms in total. The van der Waals surface area contributed by atoms with E-state index >= 15 is 0 Å². The van der Waals surface area contributed by atoms with E-state index in [1.807, 2.05) is 31.2 Å². The van der Waals surface area contributed by atoms with Gasteiger partial charge in [0.15, 0.2) is 0 Å². The molecule has 0 spiro atoms. The van der Waals surface area contributed by atoms with Gasteiger partial charge in [-0.2, -0.15) is 0 Å². The molecule has 1 aromatic carbocycles. The van der Waals surface area contributed by atoms with E-state index in [0.29, 0.717) is 0 Å². The van der Waals surface area contributed by atoms with Gasteiger partial charge in [0, 0.05) is 33.4 Å². The highest BCUT2D eigenvalue weighted by Gasteiger charge is 2.10. The molecule has 0 amide bonds. The van der Waals surface area contributed by atoms with Crippen molar-refractivity contribution in [2.24, 2.45) is 0 Å². The Bertz CT molecular complexity index is 383. The second-order valence-electron chi connectivity index (χ2n) is 4.30. The molecule has 0 aliphatic rings. The van der Waals surface area contributed by atoms with Crippen molar-refractivity contribution in [1.29, 1.82) is 0 Å². The fraction of sp³-hybridized carbons (Fsp3) is 0.538. The average Bonchev–Trinajstić information content (AvgIpc) is 2.29. The standard InChI is InChI=1S/C13H20ClNOS/c1-10(17(3)16)8-9-15-11(2)12-6-4-5-7-13(12)14/h4-7,10-11,15H,8-9H2,1-3H3. The summed E-state index contributed by atoms with van der Waals surface area (Å²) in [5, 5.41) is 4.43. The zero-order chi connectivity index (χ0) is 12.8. The molecular formula is C13H20ClNOS. The van der Waals surface area contributed by atoms with Crippen LogP contribution in [0.5, 0.6) is 0 Å². The van der Waals surface area contributed by atoms with Gasteiger partial charge in [-0.1, -0.05) is 36.7 Å². The van der Waals surface area contributed by atoms with E-state index in [1.165, 1.54) is 0 Å². The molecule has 3 unspecified atom stereocenters. The molecule has 0 radical (unpaired) electrons. The molecule has 1 aromatic rings. The van der Waals surface area contributed by atoms with Crippen molar-refractivity contribution >= 4 is 22.4 Å². The molecule has 3 atom stereocenters. The van der Waals surface area contributed by atoms with Crippen LogP contribution < -0.4 is 5.32 Å². The van der Waals surface area contributed by atoms with E-state index in [1.54, 1.807) is 6.26 Å². The van der Waals surface area contributed by atoms with Gasteiger partial charge in [-0.05, 0) is 31.5 Å². The fourth-order valence-corrected chi connectivity index (χ4v) is 2.35. The van der Waals surface area contributed by atoms with E-state index in [0.717, 1.165) is 23.6 Å². The Labute approximate surface area is 111 Å². The Morgan fingerprint density at radius 1 is 1.35 bits per heavy atom. The summed E-state index contributed by atoms with van der Waals surface area (Å²) in [6.07, 6.45) is 2.67. The second kappa shape index (κ2) is 7.14. The first-order valence-corrected chi connectivity index (χ1v) is 7.82. The molecule has 1 rings (SSSR count). The van der Waals surface area contributed by atoms with Crippen molar-refractivity contribution in [2.75, 3.05) is 12.8 Å². The van der Waals surface area contributed by atoms with E-state index in [-0.39, 0.29) is 11.3 Å². The molecule has 96 valence electrons. The Balaban J connectivity index is 2.43. The van der Waals surface area contributed by atoms with Gasteiger partial charge in [-0.15, -0.1) is 0 Å². The van der Waals surface area contributed by atoms with Crippen LogP contribution in [0, 0.1) is 0 Å². The lowest BCUT2D eigenvalue weighted by Crippen LogP contribution is -2.24. The van der Waals surface area contributed by atoms with Crippen molar-refractivity contribution in [3.63, 3.8) is 0 Å². The van der Waals surface area contributed by atoms with Crippen LogP contribution in [0.2, 0.25) is 5.02 Å². The number of benzene rings is 1. The monoisotopic (exact) mass is 273 g/mol. The topological polar surface area (TPSA) is 29.1 Å². The predicted molar refractivity (Wildman–Crippen MR) is 76.0 cm³/mol. The highest BCUT2D eigenvalue weighted by Crippen LogP contribution is 2.21. The van der Waals surface area contributed by atoms with Gasteiger partial charge < -0.3 is 5.32 Å². The van der Waals surface area contributed by atoms with Crippen LogP contribution in [0.25, 0.3) is 0 Å². The van der Waals surface area contributed by atoms with E-state index in [9.17, 15) is 4.21 Å². The largest absolute Gasteiger partial charge is 0.310 e. The Kier molecular flexibility index (Phi) is 6.17. The van der Waals surface area contributed by atoms with E-state index in [2.05, 4.69) is 12.2 Å². The van der Waals surface area contributed by atoms with Crippen molar-refractivity contribution in [3.05, 3.63) is 34.9 Å². The molecule has 4 heteroatoms. The van der Waals surface area contributed by atoms with Gasteiger partial charge >= 0.3 is 0 Å². The normalized spacial score (nSPS) is 16.5. The van der Waals surface area contributed by atoms with Crippen LogP contribution in [-0.2, 0) is 10.8 Å². The summed E-state index contributed by atoms with van der Waals surface area (Å²) < 4.78 is 11.2. The number of hydrogen-bond donors (Lipinski definition) is 1. The summed E-state index contributed by atoms with van der Waals surface area (Å²) in [6, 6.07) is 8.07. The lowest BCUT2D eigenvalue weighted by atomic mass is 10.1. The molecule has 1 N–H and O–H groups in total. The minimum atomic E-state index is -0.740. The average molecular weight is 274 g/mol. The molecule has 17 heavy (non-hydrogen) atoms. The maximum atomic E-state index is 11.2. The molecule has 0 heterocycles. The maximum Gasteiger partial charge on any atom is 0.0453 e. The number of nitrogens with one attached hydrogen (secondary N) is 1. The third kappa shape index (κ3) is 4.78. The van der Waals surface area contributed by atoms with Crippen molar-refractivity contribution in [3.8, 4) is 0 Å². The quantitative estimate of drug-likeness (QED) is 0.863. The van der Waals surface area contributed by atoms with Crippen LogP contribution >= 0.6 is 11.6 Å². The van der Waals surface area contributed by atoms with Gasteiger partial charge in [0.05, 0.1) is 0 Å². The first kappa shape index (κ1) is 14.7.